The second kappa shape index (κ2) is 5.77. The Labute approximate surface area is 99.1 Å². The minimum atomic E-state index is -0.464. The molecular weight excluding hydrogens is 231 g/mol. The molecule has 0 radical (unpaired) electrons. The van der Waals surface area contributed by atoms with Crippen LogP contribution < -0.4 is 5.32 Å². The highest BCUT2D eigenvalue weighted by atomic mass is 35.5. The molecule has 0 aromatic heterocycles. The third-order valence-electron chi connectivity index (χ3n) is 1.89. The lowest BCUT2D eigenvalue weighted by atomic mass is 10.1. The van der Waals surface area contributed by atoms with Crippen molar-refractivity contribution in [1.82, 2.24) is 5.32 Å². The van der Waals surface area contributed by atoms with E-state index < -0.39 is 6.04 Å². The third-order valence-corrected chi connectivity index (χ3v) is 2.72. The maximum Gasteiger partial charge on any atom is 0.123 e. The molecule has 0 saturated carbocycles. The van der Waals surface area contributed by atoms with Crippen LogP contribution in [0.4, 0.5) is 0 Å². The van der Waals surface area contributed by atoms with E-state index in [0.29, 0.717) is 22.2 Å². The van der Waals surface area contributed by atoms with Gasteiger partial charge in [0.15, 0.2) is 0 Å². The second-order valence-electron chi connectivity index (χ2n) is 2.90. The minimum Gasteiger partial charge on any atom is -0.295 e. The first-order valence-electron chi connectivity index (χ1n) is 4.38. The zero-order chi connectivity index (χ0) is 11.3. The molecule has 0 aliphatic rings. The first-order valence-corrected chi connectivity index (χ1v) is 5.14. The molecule has 1 atom stereocenters. The predicted octanol–water partition coefficient (Wildman–Crippen LogP) is 3.33. The van der Waals surface area contributed by atoms with Gasteiger partial charge in [0.05, 0.1) is 16.1 Å². The summed E-state index contributed by atoms with van der Waals surface area (Å²) in [7, 11) is 0. The van der Waals surface area contributed by atoms with Crippen molar-refractivity contribution in [2.75, 3.05) is 6.54 Å². The van der Waals surface area contributed by atoms with Gasteiger partial charge in [0, 0.05) is 12.1 Å². The molecule has 15 heavy (non-hydrogen) atoms. The van der Waals surface area contributed by atoms with Crippen molar-refractivity contribution in [3.63, 3.8) is 0 Å². The van der Waals surface area contributed by atoms with Gasteiger partial charge in [-0.2, -0.15) is 5.26 Å². The molecule has 2 nitrogen and oxygen atoms in total. The van der Waals surface area contributed by atoms with Gasteiger partial charge < -0.3 is 0 Å². The third kappa shape index (κ3) is 2.97. The van der Waals surface area contributed by atoms with Gasteiger partial charge in [-0.25, -0.2) is 0 Å². The van der Waals surface area contributed by atoms with Gasteiger partial charge in [-0.3, -0.25) is 5.32 Å². The zero-order valence-corrected chi connectivity index (χ0v) is 9.52. The van der Waals surface area contributed by atoms with Gasteiger partial charge in [0.1, 0.15) is 6.04 Å². The molecule has 1 aromatic rings. The first kappa shape index (κ1) is 12.1. The zero-order valence-electron chi connectivity index (χ0n) is 8.00. The molecule has 0 aliphatic carbocycles. The van der Waals surface area contributed by atoms with Gasteiger partial charge in [-0.1, -0.05) is 41.4 Å². The monoisotopic (exact) mass is 240 g/mol. The van der Waals surface area contributed by atoms with Crippen molar-refractivity contribution in [1.29, 1.82) is 5.26 Å². The SMILES string of the molecule is C=CCNC(C#N)c1cccc(Cl)c1Cl. The van der Waals surface area contributed by atoms with Gasteiger partial charge in [-0.05, 0) is 6.07 Å². The fraction of sp³-hybridized carbons (Fsp3) is 0.182. The Morgan fingerprint density at radius 3 is 2.87 bits per heavy atom. The van der Waals surface area contributed by atoms with Crippen LogP contribution in [0, 0.1) is 11.3 Å². The van der Waals surface area contributed by atoms with Crippen LogP contribution >= 0.6 is 23.2 Å². The van der Waals surface area contributed by atoms with Gasteiger partial charge in [0.25, 0.3) is 0 Å². The Morgan fingerprint density at radius 1 is 1.53 bits per heavy atom. The molecule has 0 saturated heterocycles. The molecule has 1 N–H and O–H groups in total. The molecule has 1 rings (SSSR count). The summed E-state index contributed by atoms with van der Waals surface area (Å²) in [6, 6.07) is 6.89. The van der Waals surface area contributed by atoms with Crippen molar-refractivity contribution in [2.24, 2.45) is 0 Å². The van der Waals surface area contributed by atoms with Crippen LogP contribution in [0.3, 0.4) is 0 Å². The fourth-order valence-electron chi connectivity index (χ4n) is 1.17. The van der Waals surface area contributed by atoms with Gasteiger partial charge in [0.2, 0.25) is 0 Å². The lowest BCUT2D eigenvalue weighted by Gasteiger charge is -2.12. The minimum absolute atomic E-state index is 0.419. The van der Waals surface area contributed by atoms with Crippen LogP contribution in [0.5, 0.6) is 0 Å². The maximum atomic E-state index is 8.97. The largest absolute Gasteiger partial charge is 0.295 e. The summed E-state index contributed by atoms with van der Waals surface area (Å²) in [5.74, 6) is 0. The van der Waals surface area contributed by atoms with Crippen LogP contribution in [0.25, 0.3) is 0 Å². The Balaban J connectivity index is 2.97. The van der Waals surface area contributed by atoms with Crippen molar-refractivity contribution in [3.8, 4) is 6.07 Å². The molecule has 0 amide bonds. The average molecular weight is 241 g/mol. The van der Waals surface area contributed by atoms with E-state index in [4.69, 9.17) is 28.5 Å². The van der Waals surface area contributed by atoms with E-state index in [-0.39, 0.29) is 0 Å². The number of nitrogens with one attached hydrogen (secondary N) is 1. The van der Waals surface area contributed by atoms with Crippen LogP contribution in [-0.4, -0.2) is 6.54 Å². The molecular formula is C11H10Cl2N2. The predicted molar refractivity (Wildman–Crippen MR) is 63.0 cm³/mol. The fourth-order valence-corrected chi connectivity index (χ4v) is 1.59. The highest BCUT2D eigenvalue weighted by Crippen LogP contribution is 2.29. The second-order valence-corrected chi connectivity index (χ2v) is 3.69. The van der Waals surface area contributed by atoms with E-state index in [1.165, 1.54) is 0 Å². The van der Waals surface area contributed by atoms with Crippen LogP contribution in [-0.2, 0) is 0 Å². The van der Waals surface area contributed by atoms with Crippen LogP contribution in [0.2, 0.25) is 10.0 Å². The Bertz CT molecular complexity index is 396. The topological polar surface area (TPSA) is 35.8 Å². The number of rotatable bonds is 4. The van der Waals surface area contributed by atoms with E-state index in [1.807, 2.05) is 0 Å². The molecule has 78 valence electrons. The summed E-state index contributed by atoms with van der Waals surface area (Å²) in [5, 5.41) is 12.8. The number of nitrogens with zero attached hydrogens (tertiary/aromatic N) is 1. The quantitative estimate of drug-likeness (QED) is 0.820. The molecule has 0 bridgehead atoms. The molecule has 4 heteroatoms. The Morgan fingerprint density at radius 2 is 2.27 bits per heavy atom. The summed E-state index contributed by atoms with van der Waals surface area (Å²) in [6.45, 7) is 4.11. The van der Waals surface area contributed by atoms with E-state index in [9.17, 15) is 0 Å². The van der Waals surface area contributed by atoms with Crippen molar-refractivity contribution in [2.45, 2.75) is 6.04 Å². The number of hydrogen-bond donors (Lipinski definition) is 1. The highest BCUT2D eigenvalue weighted by molar-refractivity contribution is 6.42. The lowest BCUT2D eigenvalue weighted by molar-refractivity contribution is 0.684. The molecule has 0 aliphatic heterocycles. The summed E-state index contributed by atoms with van der Waals surface area (Å²) in [6.07, 6.45) is 1.68. The van der Waals surface area contributed by atoms with Crippen LogP contribution in [0.1, 0.15) is 11.6 Å². The highest BCUT2D eigenvalue weighted by Gasteiger charge is 2.14. The van der Waals surface area contributed by atoms with E-state index in [0.717, 1.165) is 0 Å². The summed E-state index contributed by atoms with van der Waals surface area (Å²) < 4.78 is 0. The van der Waals surface area contributed by atoms with Gasteiger partial charge in [-0.15, -0.1) is 6.58 Å². The summed E-state index contributed by atoms with van der Waals surface area (Å²) in [4.78, 5) is 0. The van der Waals surface area contributed by atoms with E-state index >= 15 is 0 Å². The average Bonchev–Trinajstić information content (AvgIpc) is 2.25. The van der Waals surface area contributed by atoms with Crippen molar-refractivity contribution in [3.05, 3.63) is 46.5 Å². The molecule has 0 fully saturated rings. The van der Waals surface area contributed by atoms with Gasteiger partial charge >= 0.3 is 0 Å². The number of nitriles is 1. The maximum absolute atomic E-state index is 8.97. The molecule has 1 unspecified atom stereocenters. The lowest BCUT2D eigenvalue weighted by Crippen LogP contribution is -2.20. The normalized spacial score (nSPS) is 11.8. The van der Waals surface area contributed by atoms with Crippen molar-refractivity contribution < 1.29 is 0 Å². The molecule has 0 spiro atoms. The number of halogens is 2. The Hall–Kier alpha value is -1.01. The number of hydrogen-bond acceptors (Lipinski definition) is 2. The number of benzene rings is 1. The summed E-state index contributed by atoms with van der Waals surface area (Å²) in [5.41, 5.74) is 0.688. The van der Waals surface area contributed by atoms with Crippen molar-refractivity contribution >= 4 is 23.2 Å². The van der Waals surface area contributed by atoms with E-state index in [1.54, 1.807) is 24.3 Å². The molecule has 0 heterocycles. The summed E-state index contributed by atoms with van der Waals surface area (Å²) >= 11 is 11.9. The standard InChI is InChI=1S/C11H10Cl2N2/c1-2-6-15-10(7-14)8-4-3-5-9(12)11(8)13/h2-5,10,15H,1,6H2. The van der Waals surface area contributed by atoms with Crippen LogP contribution in [0.15, 0.2) is 30.9 Å². The van der Waals surface area contributed by atoms with E-state index in [2.05, 4.69) is 18.0 Å². The molecule has 1 aromatic carbocycles. The first-order chi connectivity index (χ1) is 7.20. The Kier molecular flexibility index (Phi) is 4.64. The smallest absolute Gasteiger partial charge is 0.123 e.